The number of likely N-dealkylation sites (tertiary alicyclic amines) is 1. The molecule has 15 heavy (non-hydrogen) atoms. The second kappa shape index (κ2) is 4.33. The summed E-state index contributed by atoms with van der Waals surface area (Å²) >= 11 is 0. The monoisotopic (exact) mass is 204 g/mol. The van der Waals surface area contributed by atoms with E-state index < -0.39 is 0 Å². The van der Waals surface area contributed by atoms with Crippen LogP contribution in [0.2, 0.25) is 0 Å². The molecule has 2 unspecified atom stereocenters. The molecule has 0 bridgehead atoms. The lowest BCUT2D eigenvalue weighted by Gasteiger charge is -2.36. The van der Waals surface area contributed by atoms with E-state index in [4.69, 9.17) is 5.73 Å². The summed E-state index contributed by atoms with van der Waals surface area (Å²) in [4.78, 5) is 2.41. The Morgan fingerprint density at radius 3 is 2.93 bits per heavy atom. The Morgan fingerprint density at radius 2 is 2.20 bits per heavy atom. The van der Waals surface area contributed by atoms with Crippen molar-refractivity contribution in [2.24, 2.45) is 5.73 Å². The Kier molecular flexibility index (Phi) is 3.08. The average molecular weight is 204 g/mol. The van der Waals surface area contributed by atoms with Crippen LogP contribution in [0.1, 0.15) is 30.0 Å². The SMILES string of the molecule is Cc1cccc(C2CC(N)CCN2C)c1. The van der Waals surface area contributed by atoms with Crippen molar-refractivity contribution in [3.8, 4) is 0 Å². The van der Waals surface area contributed by atoms with Crippen molar-refractivity contribution < 1.29 is 0 Å². The number of rotatable bonds is 1. The van der Waals surface area contributed by atoms with Gasteiger partial charge in [-0.15, -0.1) is 0 Å². The molecule has 0 radical (unpaired) electrons. The van der Waals surface area contributed by atoms with Gasteiger partial charge in [-0.25, -0.2) is 0 Å². The molecule has 1 aromatic rings. The van der Waals surface area contributed by atoms with Crippen molar-refractivity contribution in [3.05, 3.63) is 35.4 Å². The number of hydrogen-bond acceptors (Lipinski definition) is 2. The van der Waals surface area contributed by atoms with Crippen molar-refractivity contribution in [2.45, 2.75) is 31.8 Å². The topological polar surface area (TPSA) is 29.3 Å². The molecule has 0 spiro atoms. The molecule has 0 saturated carbocycles. The van der Waals surface area contributed by atoms with Gasteiger partial charge in [0.25, 0.3) is 0 Å². The first-order valence-corrected chi connectivity index (χ1v) is 5.69. The van der Waals surface area contributed by atoms with Gasteiger partial charge in [0.15, 0.2) is 0 Å². The van der Waals surface area contributed by atoms with E-state index in [2.05, 4.69) is 43.1 Å². The van der Waals surface area contributed by atoms with E-state index in [0.717, 1.165) is 19.4 Å². The van der Waals surface area contributed by atoms with Crippen LogP contribution in [-0.2, 0) is 0 Å². The number of piperidine rings is 1. The maximum atomic E-state index is 6.04. The van der Waals surface area contributed by atoms with E-state index >= 15 is 0 Å². The molecular formula is C13H20N2. The lowest BCUT2D eigenvalue weighted by molar-refractivity contribution is 0.171. The van der Waals surface area contributed by atoms with Crippen LogP contribution in [0.4, 0.5) is 0 Å². The molecule has 0 aliphatic carbocycles. The first-order valence-electron chi connectivity index (χ1n) is 5.69. The van der Waals surface area contributed by atoms with Crippen LogP contribution < -0.4 is 5.73 Å². The predicted molar refractivity (Wildman–Crippen MR) is 63.8 cm³/mol. The molecule has 1 aliphatic rings. The molecule has 2 nitrogen and oxygen atoms in total. The van der Waals surface area contributed by atoms with E-state index in [9.17, 15) is 0 Å². The standard InChI is InChI=1S/C13H20N2/c1-10-4-3-5-11(8-10)13-9-12(14)6-7-15(13)2/h3-5,8,12-13H,6-7,9,14H2,1-2H3. The molecule has 2 rings (SSSR count). The maximum absolute atomic E-state index is 6.04. The summed E-state index contributed by atoms with van der Waals surface area (Å²) in [6.45, 7) is 3.26. The van der Waals surface area contributed by atoms with E-state index in [1.54, 1.807) is 0 Å². The quantitative estimate of drug-likeness (QED) is 0.759. The van der Waals surface area contributed by atoms with Crippen LogP contribution in [0.3, 0.4) is 0 Å². The Morgan fingerprint density at radius 1 is 1.40 bits per heavy atom. The third kappa shape index (κ3) is 2.39. The summed E-state index contributed by atoms with van der Waals surface area (Å²) in [6.07, 6.45) is 2.21. The molecule has 1 saturated heterocycles. The smallest absolute Gasteiger partial charge is 0.0359 e. The number of hydrogen-bond donors (Lipinski definition) is 1. The second-order valence-electron chi connectivity index (χ2n) is 4.70. The maximum Gasteiger partial charge on any atom is 0.0359 e. The third-order valence-corrected chi connectivity index (χ3v) is 3.34. The lowest BCUT2D eigenvalue weighted by atomic mass is 9.92. The van der Waals surface area contributed by atoms with Gasteiger partial charge < -0.3 is 5.73 Å². The van der Waals surface area contributed by atoms with Crippen molar-refractivity contribution in [3.63, 3.8) is 0 Å². The number of nitrogens with two attached hydrogens (primary N) is 1. The molecule has 1 fully saturated rings. The first kappa shape index (κ1) is 10.7. The van der Waals surface area contributed by atoms with Crippen LogP contribution in [0, 0.1) is 6.92 Å². The fraction of sp³-hybridized carbons (Fsp3) is 0.538. The Labute approximate surface area is 92.1 Å². The minimum absolute atomic E-state index is 0.367. The van der Waals surface area contributed by atoms with Gasteiger partial charge in [-0.1, -0.05) is 29.8 Å². The number of aryl methyl sites for hydroxylation is 1. The van der Waals surface area contributed by atoms with Crippen LogP contribution in [0.15, 0.2) is 24.3 Å². The average Bonchev–Trinajstić information content (AvgIpc) is 2.22. The highest BCUT2D eigenvalue weighted by Gasteiger charge is 2.24. The molecule has 0 amide bonds. The van der Waals surface area contributed by atoms with Gasteiger partial charge in [-0.2, -0.15) is 0 Å². The summed E-state index contributed by atoms with van der Waals surface area (Å²) in [6, 6.07) is 9.65. The van der Waals surface area contributed by atoms with Gasteiger partial charge in [0.1, 0.15) is 0 Å². The van der Waals surface area contributed by atoms with Crippen molar-refractivity contribution in [1.29, 1.82) is 0 Å². The molecule has 2 atom stereocenters. The predicted octanol–water partition coefficient (Wildman–Crippen LogP) is 2.09. The van der Waals surface area contributed by atoms with Gasteiger partial charge in [0.05, 0.1) is 0 Å². The summed E-state index contributed by atoms with van der Waals surface area (Å²) in [5.41, 5.74) is 8.78. The largest absolute Gasteiger partial charge is 0.328 e. The van der Waals surface area contributed by atoms with Gasteiger partial charge in [0, 0.05) is 12.1 Å². The number of nitrogens with zero attached hydrogens (tertiary/aromatic N) is 1. The molecule has 1 aromatic carbocycles. The third-order valence-electron chi connectivity index (χ3n) is 3.34. The summed E-state index contributed by atoms with van der Waals surface area (Å²) in [5, 5.41) is 0. The van der Waals surface area contributed by atoms with Crippen LogP contribution in [0.5, 0.6) is 0 Å². The van der Waals surface area contributed by atoms with Crippen molar-refractivity contribution >= 4 is 0 Å². The summed E-state index contributed by atoms with van der Waals surface area (Å²) in [5.74, 6) is 0. The fourth-order valence-electron chi connectivity index (χ4n) is 2.38. The van der Waals surface area contributed by atoms with Gasteiger partial charge >= 0.3 is 0 Å². The van der Waals surface area contributed by atoms with Gasteiger partial charge in [-0.3, -0.25) is 4.90 Å². The van der Waals surface area contributed by atoms with Gasteiger partial charge in [0.2, 0.25) is 0 Å². The summed E-state index contributed by atoms with van der Waals surface area (Å²) in [7, 11) is 2.19. The highest BCUT2D eigenvalue weighted by atomic mass is 15.1. The van der Waals surface area contributed by atoms with E-state index in [1.165, 1.54) is 11.1 Å². The van der Waals surface area contributed by atoms with Crippen molar-refractivity contribution in [1.82, 2.24) is 4.90 Å². The highest BCUT2D eigenvalue weighted by Crippen LogP contribution is 2.29. The van der Waals surface area contributed by atoms with E-state index in [-0.39, 0.29) is 0 Å². The second-order valence-corrected chi connectivity index (χ2v) is 4.70. The lowest BCUT2D eigenvalue weighted by Crippen LogP contribution is -2.39. The zero-order chi connectivity index (χ0) is 10.8. The Bertz CT molecular complexity index is 335. The minimum atomic E-state index is 0.367. The minimum Gasteiger partial charge on any atom is -0.328 e. The molecule has 82 valence electrons. The molecule has 0 aromatic heterocycles. The molecule has 2 heteroatoms. The highest BCUT2D eigenvalue weighted by molar-refractivity contribution is 5.25. The first-order chi connectivity index (χ1) is 7.16. The normalized spacial score (nSPS) is 27.9. The fourth-order valence-corrected chi connectivity index (χ4v) is 2.38. The zero-order valence-electron chi connectivity index (χ0n) is 9.61. The van der Waals surface area contributed by atoms with Crippen LogP contribution in [-0.4, -0.2) is 24.5 Å². The Balaban J connectivity index is 2.21. The van der Waals surface area contributed by atoms with Crippen LogP contribution in [0.25, 0.3) is 0 Å². The van der Waals surface area contributed by atoms with E-state index in [1.807, 2.05) is 0 Å². The van der Waals surface area contributed by atoms with Gasteiger partial charge in [-0.05, 0) is 38.9 Å². The summed E-state index contributed by atoms with van der Waals surface area (Å²) < 4.78 is 0. The van der Waals surface area contributed by atoms with Crippen LogP contribution >= 0.6 is 0 Å². The Hall–Kier alpha value is -0.860. The van der Waals surface area contributed by atoms with Crippen molar-refractivity contribution in [2.75, 3.05) is 13.6 Å². The van der Waals surface area contributed by atoms with E-state index in [0.29, 0.717) is 12.1 Å². The molecule has 1 heterocycles. The molecular weight excluding hydrogens is 184 g/mol. The molecule has 1 aliphatic heterocycles. The zero-order valence-corrected chi connectivity index (χ0v) is 9.61. The number of benzene rings is 1. The molecule has 2 N–H and O–H groups in total.